The molecule has 0 amide bonds. The largest absolute Gasteiger partial charge is 0.379 e. The first kappa shape index (κ1) is 27.1. The van der Waals surface area contributed by atoms with E-state index >= 15 is 0 Å². The van der Waals surface area contributed by atoms with Crippen molar-refractivity contribution < 1.29 is 13.2 Å². The van der Waals surface area contributed by atoms with Gasteiger partial charge in [-0.3, -0.25) is 0 Å². The van der Waals surface area contributed by atoms with E-state index in [2.05, 4.69) is 36.4 Å². The first-order valence-corrected chi connectivity index (χ1v) is 11.8. The van der Waals surface area contributed by atoms with Crippen molar-refractivity contribution in [1.29, 1.82) is 0 Å². The Balaban J connectivity index is 0.00000450. The Labute approximate surface area is 199 Å². The van der Waals surface area contributed by atoms with E-state index in [-0.39, 0.29) is 35.5 Å². The number of nitrogens with one attached hydrogen (secondary N) is 2. The van der Waals surface area contributed by atoms with Gasteiger partial charge in [-0.15, -0.1) is 24.0 Å². The monoisotopic (exact) mass is 552 g/mol. The number of halogens is 1. The Morgan fingerprint density at radius 2 is 1.77 bits per heavy atom. The van der Waals surface area contributed by atoms with Gasteiger partial charge in [-0.25, -0.2) is 13.4 Å². The van der Waals surface area contributed by atoms with Crippen molar-refractivity contribution in [3.05, 3.63) is 29.8 Å². The number of hydrogen-bond acceptors (Lipinski definition) is 4. The summed E-state index contributed by atoms with van der Waals surface area (Å²) in [5.41, 5.74) is 0.983. The van der Waals surface area contributed by atoms with Crippen LogP contribution in [-0.4, -0.2) is 58.1 Å². The fraction of sp³-hybridized carbons (Fsp3) is 0.667. The molecule has 1 heterocycles. The highest BCUT2D eigenvalue weighted by molar-refractivity contribution is 14.0. The first-order valence-electron chi connectivity index (χ1n) is 10.3. The fourth-order valence-corrected chi connectivity index (χ4v) is 4.81. The minimum Gasteiger partial charge on any atom is -0.379 e. The second kappa shape index (κ2) is 12.2. The zero-order valence-corrected chi connectivity index (χ0v) is 21.9. The third-order valence-electron chi connectivity index (χ3n) is 5.10. The number of benzene rings is 1. The van der Waals surface area contributed by atoms with Gasteiger partial charge in [-0.2, -0.15) is 4.31 Å². The summed E-state index contributed by atoms with van der Waals surface area (Å²) in [5, 5.41) is 6.57. The first-order chi connectivity index (χ1) is 13.7. The molecular weight excluding hydrogens is 515 g/mol. The Kier molecular flexibility index (Phi) is 11.0. The van der Waals surface area contributed by atoms with Gasteiger partial charge in [0, 0.05) is 33.3 Å². The average Bonchev–Trinajstić information content (AvgIpc) is 3.21. The number of guanidine groups is 1. The lowest BCUT2D eigenvalue weighted by molar-refractivity contribution is 0.0205. The molecular formula is C21H37IN4O3S. The van der Waals surface area contributed by atoms with Crippen LogP contribution >= 0.6 is 24.0 Å². The van der Waals surface area contributed by atoms with Gasteiger partial charge in [0.1, 0.15) is 0 Å². The third-order valence-corrected chi connectivity index (χ3v) is 7.01. The number of aliphatic imine (C=N–C) groups is 1. The molecule has 1 atom stereocenters. The molecule has 1 aliphatic rings. The topological polar surface area (TPSA) is 83.0 Å². The molecule has 1 aromatic rings. The maximum atomic E-state index is 12.6. The van der Waals surface area contributed by atoms with E-state index in [9.17, 15) is 8.42 Å². The maximum Gasteiger partial charge on any atom is 0.243 e. The number of methoxy groups -OCH3 is 1. The molecule has 0 spiro atoms. The molecule has 0 bridgehead atoms. The molecule has 0 saturated carbocycles. The molecule has 0 radical (unpaired) electrons. The van der Waals surface area contributed by atoms with E-state index in [1.807, 2.05) is 19.1 Å². The van der Waals surface area contributed by atoms with Crippen molar-refractivity contribution in [3.63, 3.8) is 0 Å². The minimum absolute atomic E-state index is 0. The number of sulfonamides is 1. The van der Waals surface area contributed by atoms with Gasteiger partial charge in [0.2, 0.25) is 10.0 Å². The van der Waals surface area contributed by atoms with Crippen LogP contribution in [0.2, 0.25) is 0 Å². The van der Waals surface area contributed by atoms with Gasteiger partial charge in [0.05, 0.1) is 17.5 Å². The van der Waals surface area contributed by atoms with Gasteiger partial charge >= 0.3 is 0 Å². The Morgan fingerprint density at radius 1 is 1.17 bits per heavy atom. The van der Waals surface area contributed by atoms with Crippen LogP contribution in [0.25, 0.3) is 0 Å². The normalized spacial score (nSPS) is 16.8. The lowest BCUT2D eigenvalue weighted by Gasteiger charge is -2.30. The molecule has 2 N–H and O–H groups in total. The van der Waals surface area contributed by atoms with E-state index in [0.29, 0.717) is 37.0 Å². The van der Waals surface area contributed by atoms with Crippen molar-refractivity contribution in [2.75, 3.05) is 33.3 Å². The summed E-state index contributed by atoms with van der Waals surface area (Å²) >= 11 is 0. The van der Waals surface area contributed by atoms with Crippen LogP contribution in [0.4, 0.5) is 0 Å². The van der Waals surface area contributed by atoms with Crippen LogP contribution in [0.15, 0.2) is 34.2 Å². The fourth-order valence-electron chi connectivity index (χ4n) is 3.29. The molecule has 1 aromatic carbocycles. The summed E-state index contributed by atoms with van der Waals surface area (Å²) in [6.45, 7) is 11.6. The van der Waals surface area contributed by atoms with E-state index in [4.69, 9.17) is 4.74 Å². The number of hydrogen-bond donors (Lipinski definition) is 2. The maximum absolute atomic E-state index is 12.6. The van der Waals surface area contributed by atoms with E-state index in [0.717, 1.165) is 24.9 Å². The Hall–Kier alpha value is -0.910. The van der Waals surface area contributed by atoms with Gasteiger partial charge in [-0.1, -0.05) is 32.9 Å². The molecule has 2 rings (SSSR count). The van der Waals surface area contributed by atoms with Crippen molar-refractivity contribution in [2.45, 2.75) is 58.1 Å². The zero-order valence-electron chi connectivity index (χ0n) is 18.8. The van der Waals surface area contributed by atoms with Gasteiger partial charge in [0.15, 0.2) is 5.96 Å². The standard InChI is InChI=1S/C21H36N4O3S.HI/c1-6-22-20(24-16-19(28-5)21(2,3)4)23-15-17-9-11-18(12-10-17)29(26,27)25-13-7-8-14-25;/h9-12,19H,6-8,13-16H2,1-5H3,(H2,22,23,24);1H. The predicted molar refractivity (Wildman–Crippen MR) is 133 cm³/mol. The minimum atomic E-state index is -3.37. The molecule has 0 aliphatic carbocycles. The molecule has 1 unspecified atom stereocenters. The molecule has 7 nitrogen and oxygen atoms in total. The molecule has 30 heavy (non-hydrogen) atoms. The van der Waals surface area contributed by atoms with Gasteiger partial charge in [-0.05, 0) is 42.9 Å². The summed E-state index contributed by atoms with van der Waals surface area (Å²) in [7, 11) is -1.65. The van der Waals surface area contributed by atoms with Crippen LogP contribution in [0.1, 0.15) is 46.1 Å². The molecule has 172 valence electrons. The van der Waals surface area contributed by atoms with Crippen LogP contribution in [-0.2, 0) is 21.3 Å². The summed E-state index contributed by atoms with van der Waals surface area (Å²) in [4.78, 5) is 4.97. The van der Waals surface area contributed by atoms with Gasteiger partial charge < -0.3 is 15.4 Å². The highest BCUT2D eigenvalue weighted by atomic mass is 127. The van der Waals surface area contributed by atoms with E-state index in [1.54, 1.807) is 23.5 Å². The van der Waals surface area contributed by atoms with Crippen molar-refractivity contribution in [2.24, 2.45) is 10.4 Å². The molecule has 9 heteroatoms. The van der Waals surface area contributed by atoms with Crippen LogP contribution in [0.3, 0.4) is 0 Å². The van der Waals surface area contributed by atoms with Crippen LogP contribution in [0, 0.1) is 5.41 Å². The number of ether oxygens (including phenoxy) is 1. The predicted octanol–water partition coefficient (Wildman–Crippen LogP) is 3.21. The number of rotatable bonds is 8. The number of nitrogens with zero attached hydrogens (tertiary/aromatic N) is 2. The van der Waals surface area contributed by atoms with Gasteiger partial charge in [0.25, 0.3) is 0 Å². The van der Waals surface area contributed by atoms with E-state index in [1.165, 1.54) is 0 Å². The zero-order chi connectivity index (χ0) is 21.5. The van der Waals surface area contributed by atoms with Crippen molar-refractivity contribution in [3.8, 4) is 0 Å². The molecule has 1 saturated heterocycles. The molecule has 0 aromatic heterocycles. The highest BCUT2D eigenvalue weighted by Crippen LogP contribution is 2.22. The SMILES string of the molecule is CCNC(=NCc1ccc(S(=O)(=O)N2CCCC2)cc1)NCC(OC)C(C)(C)C.I. The summed E-state index contributed by atoms with van der Waals surface area (Å²) in [6.07, 6.45) is 1.93. The molecule has 1 aliphatic heterocycles. The third kappa shape index (κ3) is 7.65. The van der Waals surface area contributed by atoms with Crippen molar-refractivity contribution in [1.82, 2.24) is 14.9 Å². The highest BCUT2D eigenvalue weighted by Gasteiger charge is 2.27. The van der Waals surface area contributed by atoms with Crippen molar-refractivity contribution >= 4 is 40.0 Å². The lowest BCUT2D eigenvalue weighted by Crippen LogP contribution is -2.45. The second-order valence-electron chi connectivity index (χ2n) is 8.42. The molecule has 1 fully saturated rings. The summed E-state index contributed by atoms with van der Waals surface area (Å²) in [6, 6.07) is 7.03. The smallest absolute Gasteiger partial charge is 0.243 e. The lowest BCUT2D eigenvalue weighted by atomic mass is 9.89. The summed E-state index contributed by atoms with van der Waals surface area (Å²) in [5.74, 6) is 0.715. The Bertz CT molecular complexity index is 770. The van der Waals surface area contributed by atoms with Crippen LogP contribution < -0.4 is 10.6 Å². The van der Waals surface area contributed by atoms with Crippen LogP contribution in [0.5, 0.6) is 0 Å². The average molecular weight is 553 g/mol. The van der Waals surface area contributed by atoms with E-state index < -0.39 is 10.0 Å². The summed E-state index contributed by atoms with van der Waals surface area (Å²) < 4.78 is 32.4. The quantitative estimate of drug-likeness (QED) is 0.294. The second-order valence-corrected chi connectivity index (χ2v) is 10.4. The Morgan fingerprint density at radius 3 is 2.27 bits per heavy atom.